The molecule has 2 aliphatic rings. The minimum Gasteiger partial charge on any atom is -0.772 e. The molecule has 3 rings (SSSR count). The number of carbonyl (C=O) groups is 3. The molecule has 0 radical (unpaired) electrons. The second-order valence-electron chi connectivity index (χ2n) is 7.98. The monoisotopic (exact) mass is 502 g/mol. The molecule has 2 amide bonds. The zero-order valence-electron chi connectivity index (χ0n) is 17.5. The molecule has 12 nitrogen and oxygen atoms in total. The lowest BCUT2D eigenvalue weighted by molar-refractivity contribution is -0.161. The van der Waals surface area contributed by atoms with Gasteiger partial charge in [-0.25, -0.2) is 4.79 Å². The Morgan fingerprint density at radius 3 is 2.55 bits per heavy atom. The molecule has 180 valence electrons. The molecule has 0 saturated carbocycles. The van der Waals surface area contributed by atoms with Gasteiger partial charge in [0.15, 0.2) is 23.6 Å². The number of aromatic hydroxyl groups is 2. The molecule has 1 aromatic rings. The molecular formula is C19H21ClN3O9S-. The normalized spacial score (nSPS) is 22.3. The van der Waals surface area contributed by atoms with Gasteiger partial charge in [-0.1, -0.05) is 16.8 Å². The number of halogens is 1. The van der Waals surface area contributed by atoms with Gasteiger partial charge in [0, 0.05) is 12.5 Å². The fraction of sp³-hybridized carbons (Fsp3) is 0.474. The van der Waals surface area contributed by atoms with E-state index in [-0.39, 0.29) is 30.1 Å². The number of aliphatic carboxylic acids is 1. The van der Waals surface area contributed by atoms with Gasteiger partial charge >= 0.3 is 5.97 Å². The number of benzene rings is 1. The molecule has 2 aliphatic heterocycles. The fourth-order valence-corrected chi connectivity index (χ4v) is 4.38. The quantitative estimate of drug-likeness (QED) is 0.148. The van der Waals surface area contributed by atoms with E-state index in [1.807, 2.05) is 0 Å². The highest BCUT2D eigenvalue weighted by molar-refractivity contribution is 7.81. The van der Waals surface area contributed by atoms with Gasteiger partial charge in [0.1, 0.15) is 0 Å². The van der Waals surface area contributed by atoms with Gasteiger partial charge in [-0.3, -0.25) is 13.8 Å². The van der Waals surface area contributed by atoms with E-state index in [2.05, 4.69) is 5.16 Å². The Morgan fingerprint density at radius 2 is 2.03 bits per heavy atom. The minimum atomic E-state index is -2.96. The smallest absolute Gasteiger partial charge is 0.328 e. The van der Waals surface area contributed by atoms with Gasteiger partial charge in [0.05, 0.1) is 34.6 Å². The van der Waals surface area contributed by atoms with Crippen LogP contribution in [-0.2, 0) is 25.5 Å². The van der Waals surface area contributed by atoms with Gasteiger partial charge in [0.25, 0.3) is 5.91 Å². The maximum absolute atomic E-state index is 12.5. The zero-order chi connectivity index (χ0) is 24.7. The maximum atomic E-state index is 12.5. The number of carbonyl (C=O) groups excluding carboxylic acids is 2. The van der Waals surface area contributed by atoms with Crippen molar-refractivity contribution in [3.63, 3.8) is 0 Å². The Hall–Kier alpha value is -2.90. The molecular weight excluding hydrogens is 482 g/mol. The van der Waals surface area contributed by atoms with Gasteiger partial charge < -0.3 is 34.5 Å². The molecule has 1 unspecified atom stereocenters. The van der Waals surface area contributed by atoms with E-state index in [9.17, 15) is 38.5 Å². The summed E-state index contributed by atoms with van der Waals surface area (Å²) >= 11 is 2.93. The molecule has 1 aromatic carbocycles. The summed E-state index contributed by atoms with van der Waals surface area (Å²) in [5.74, 6) is -3.59. The number of hydrogen-bond acceptors (Lipinski definition) is 9. The van der Waals surface area contributed by atoms with Crippen LogP contribution in [0.3, 0.4) is 0 Å². The van der Waals surface area contributed by atoms with Crippen LogP contribution in [-0.4, -0.2) is 93.9 Å². The first-order valence-corrected chi connectivity index (χ1v) is 11.2. The average Bonchev–Trinajstić information content (AvgIpc) is 2.71. The van der Waals surface area contributed by atoms with Crippen molar-refractivity contribution in [2.24, 2.45) is 5.16 Å². The van der Waals surface area contributed by atoms with E-state index in [0.717, 1.165) is 24.1 Å². The number of nitrogens with zero attached hydrogens (tertiary/aromatic N) is 3. The summed E-state index contributed by atoms with van der Waals surface area (Å²) in [5.41, 5.74) is -0.0270. The van der Waals surface area contributed by atoms with E-state index in [1.165, 1.54) is 11.0 Å². The Morgan fingerprint density at radius 1 is 1.39 bits per heavy atom. The van der Waals surface area contributed by atoms with Crippen LogP contribution in [0.25, 0.3) is 0 Å². The topological polar surface area (TPSA) is 180 Å². The lowest BCUT2D eigenvalue weighted by Gasteiger charge is -2.48. The molecule has 33 heavy (non-hydrogen) atoms. The van der Waals surface area contributed by atoms with Crippen molar-refractivity contribution >= 4 is 46.7 Å². The zero-order valence-corrected chi connectivity index (χ0v) is 19.1. The lowest BCUT2D eigenvalue weighted by Crippen LogP contribution is -2.67. The van der Waals surface area contributed by atoms with Crippen LogP contribution in [0.1, 0.15) is 30.6 Å². The van der Waals surface area contributed by atoms with Gasteiger partial charge in [-0.2, -0.15) is 0 Å². The van der Waals surface area contributed by atoms with Crippen LogP contribution in [0.15, 0.2) is 17.3 Å². The highest BCUT2D eigenvalue weighted by Crippen LogP contribution is 2.36. The third kappa shape index (κ3) is 4.48. The third-order valence-corrected chi connectivity index (χ3v) is 7.06. The Bertz CT molecular complexity index is 1050. The third-order valence-electron chi connectivity index (χ3n) is 5.63. The molecule has 4 atom stereocenters. The van der Waals surface area contributed by atoms with Crippen molar-refractivity contribution in [3.05, 3.63) is 22.7 Å². The van der Waals surface area contributed by atoms with Crippen molar-refractivity contribution in [2.45, 2.75) is 43.2 Å². The first-order valence-electron chi connectivity index (χ1n) is 9.71. The van der Waals surface area contributed by atoms with E-state index in [0.29, 0.717) is 0 Å². The molecule has 0 bridgehead atoms. The van der Waals surface area contributed by atoms with Crippen molar-refractivity contribution in [1.82, 2.24) is 9.80 Å². The van der Waals surface area contributed by atoms with Crippen LogP contribution in [0.4, 0.5) is 0 Å². The predicted molar refractivity (Wildman–Crippen MR) is 114 cm³/mol. The second-order valence-corrected chi connectivity index (χ2v) is 9.71. The van der Waals surface area contributed by atoms with Crippen molar-refractivity contribution in [1.29, 1.82) is 0 Å². The molecule has 14 heteroatoms. The number of β-lactam (4-membered cyclic amide) rings is 1. The van der Waals surface area contributed by atoms with E-state index < -0.39 is 63.3 Å². The average molecular weight is 503 g/mol. The SMILES string of the molecule is C[C@@H]1CC(=O)N1[C@@H](C(=O)O)[C@](C)(/C=N/OC1CN(C(=O)c2ccc(O)c(O)c2Cl)C1)S(=O)[O-]. The summed E-state index contributed by atoms with van der Waals surface area (Å²) in [4.78, 5) is 43.7. The highest BCUT2D eigenvalue weighted by Gasteiger charge is 2.51. The molecule has 0 aromatic heterocycles. The molecule has 2 heterocycles. The van der Waals surface area contributed by atoms with Gasteiger partial charge in [-0.15, -0.1) is 0 Å². The van der Waals surface area contributed by atoms with Crippen molar-refractivity contribution < 1.29 is 43.3 Å². The fourth-order valence-electron chi connectivity index (χ4n) is 3.62. The lowest BCUT2D eigenvalue weighted by atomic mass is 9.92. The molecule has 0 spiro atoms. The number of phenolic OH excluding ortho intramolecular Hbond substituents is 2. The summed E-state index contributed by atoms with van der Waals surface area (Å²) < 4.78 is 21.8. The maximum Gasteiger partial charge on any atom is 0.328 e. The molecule has 3 N–H and O–H groups in total. The summed E-state index contributed by atoms with van der Waals surface area (Å²) in [5, 5.41) is 32.0. The number of oxime groups is 1. The number of amides is 2. The summed E-state index contributed by atoms with van der Waals surface area (Å²) in [6.45, 7) is 2.86. The Balaban J connectivity index is 1.65. The summed E-state index contributed by atoms with van der Waals surface area (Å²) in [7, 11) is 0. The highest BCUT2D eigenvalue weighted by atomic mass is 35.5. The minimum absolute atomic E-state index is 0.0270. The number of likely N-dealkylation sites (tertiary alicyclic amines) is 2. The van der Waals surface area contributed by atoms with Gasteiger partial charge in [-0.05, 0) is 37.1 Å². The van der Waals surface area contributed by atoms with Crippen LogP contribution in [0.2, 0.25) is 5.02 Å². The van der Waals surface area contributed by atoms with Crippen LogP contribution in [0.5, 0.6) is 11.5 Å². The van der Waals surface area contributed by atoms with Crippen LogP contribution in [0, 0.1) is 0 Å². The van der Waals surface area contributed by atoms with E-state index >= 15 is 0 Å². The number of carboxylic acid groups (broad SMARTS) is 1. The second kappa shape index (κ2) is 9.15. The van der Waals surface area contributed by atoms with Crippen molar-refractivity contribution in [3.8, 4) is 11.5 Å². The first kappa shape index (κ1) is 24.7. The molecule has 2 fully saturated rings. The number of hydrogen-bond donors (Lipinski definition) is 3. The Kier molecular flexibility index (Phi) is 6.86. The Labute approximate surface area is 195 Å². The number of phenols is 2. The van der Waals surface area contributed by atoms with E-state index in [1.54, 1.807) is 6.92 Å². The molecule has 2 saturated heterocycles. The standard InChI is InChI=1S/C19H22ClN3O9S/c1-9-5-13(25)23(9)16(18(28)29)19(2,33(30)31)8-21-32-10-6-22(7-10)17(27)11-3-4-12(24)15(26)14(11)20/h3-4,8-10,16,24,26H,5-7H2,1-2H3,(H,28,29)(H,30,31)/p-1/b21-8+/t9-,16+,19+/m1/s1. The summed E-state index contributed by atoms with van der Waals surface area (Å²) in [6, 6.07) is 0.251. The van der Waals surface area contributed by atoms with Crippen LogP contribution >= 0.6 is 11.6 Å². The number of rotatable bonds is 8. The first-order chi connectivity index (χ1) is 15.4. The number of carboxylic acids is 1. The van der Waals surface area contributed by atoms with Crippen molar-refractivity contribution in [2.75, 3.05) is 13.1 Å². The van der Waals surface area contributed by atoms with E-state index in [4.69, 9.17) is 16.4 Å². The summed E-state index contributed by atoms with van der Waals surface area (Å²) in [6.07, 6.45) is 0.340. The van der Waals surface area contributed by atoms with Crippen LogP contribution < -0.4 is 0 Å². The molecule has 0 aliphatic carbocycles. The predicted octanol–water partition coefficient (Wildman–Crippen LogP) is 0.290. The largest absolute Gasteiger partial charge is 0.772 e. The van der Waals surface area contributed by atoms with Gasteiger partial charge in [0.2, 0.25) is 5.91 Å².